The van der Waals surface area contributed by atoms with Gasteiger partial charge in [-0.3, -0.25) is 9.59 Å². The molecule has 2 aliphatic carbocycles. The van der Waals surface area contributed by atoms with Crippen molar-refractivity contribution in [3.8, 4) is 0 Å². The second-order valence-electron chi connectivity index (χ2n) is 7.88. The van der Waals surface area contributed by atoms with Gasteiger partial charge in [-0.05, 0) is 37.6 Å². The lowest BCUT2D eigenvalue weighted by Gasteiger charge is -2.37. The summed E-state index contributed by atoms with van der Waals surface area (Å²) in [5, 5.41) is 2.77. The first-order chi connectivity index (χ1) is 11.1. The van der Waals surface area contributed by atoms with Crippen LogP contribution < -0.4 is 5.32 Å². The maximum absolute atomic E-state index is 12.9. The summed E-state index contributed by atoms with van der Waals surface area (Å²) in [4.78, 5) is 24.5. The molecule has 1 saturated heterocycles. The summed E-state index contributed by atoms with van der Waals surface area (Å²) < 4.78 is 31.4. The van der Waals surface area contributed by atoms with Gasteiger partial charge in [0, 0.05) is 5.41 Å². The van der Waals surface area contributed by atoms with E-state index < -0.39 is 27.9 Å². The number of fused-ring (bicyclic) bond motifs is 1. The van der Waals surface area contributed by atoms with Crippen LogP contribution in [0.15, 0.2) is 0 Å². The Balaban J connectivity index is 1.94. The predicted molar refractivity (Wildman–Crippen MR) is 87.5 cm³/mol. The smallest absolute Gasteiger partial charge is 0.307 e. The molecule has 8 heteroatoms. The number of carbonyl (C=O) groups is 2. The number of nitrogens with zero attached hydrogens (tertiary/aromatic N) is 1. The largest absolute Gasteiger partial charge is 0.469 e. The molecule has 24 heavy (non-hydrogen) atoms. The number of methoxy groups -OCH3 is 1. The Kier molecular flexibility index (Phi) is 3.99. The highest BCUT2D eigenvalue weighted by molar-refractivity contribution is 7.90. The van der Waals surface area contributed by atoms with Crippen LogP contribution in [-0.4, -0.2) is 56.6 Å². The Bertz CT molecular complexity index is 674. The molecule has 1 aliphatic heterocycles. The average molecular weight is 358 g/mol. The third-order valence-electron chi connectivity index (χ3n) is 6.87. The summed E-state index contributed by atoms with van der Waals surface area (Å²) in [5.41, 5.74) is -0.438. The standard InChI is InChI=1S/C16H26N2O5S/c1-15(2)10-5-6-16(15)9-24(21,22)18(12(16)7-10)14(20)11(17-3)8-13(19)23-4/h10-12,17H,5-9H2,1-4H3/t10-,11+,12-,16-/m0/s1. The van der Waals surface area contributed by atoms with E-state index in [9.17, 15) is 18.0 Å². The number of nitrogens with one attached hydrogen (secondary N) is 1. The summed E-state index contributed by atoms with van der Waals surface area (Å²) >= 11 is 0. The van der Waals surface area contributed by atoms with E-state index in [1.807, 2.05) is 0 Å². The second kappa shape index (κ2) is 5.42. The van der Waals surface area contributed by atoms with Gasteiger partial charge in [-0.1, -0.05) is 13.8 Å². The average Bonchev–Trinajstić information content (AvgIpc) is 2.98. The highest BCUT2D eigenvalue weighted by atomic mass is 32.2. The van der Waals surface area contributed by atoms with Crippen LogP contribution in [0.3, 0.4) is 0 Å². The first-order valence-corrected chi connectivity index (χ1v) is 10.0. The fourth-order valence-corrected chi connectivity index (χ4v) is 7.87. The Morgan fingerprint density at radius 2 is 2.04 bits per heavy atom. The number of hydrogen-bond acceptors (Lipinski definition) is 6. The lowest BCUT2D eigenvalue weighted by molar-refractivity contribution is -0.144. The summed E-state index contributed by atoms with van der Waals surface area (Å²) in [6, 6.07) is -1.16. The molecule has 1 amide bonds. The van der Waals surface area contributed by atoms with E-state index in [1.54, 1.807) is 7.05 Å². The van der Waals surface area contributed by atoms with Gasteiger partial charge in [-0.15, -0.1) is 0 Å². The van der Waals surface area contributed by atoms with Crippen molar-refractivity contribution in [2.45, 2.75) is 51.6 Å². The number of rotatable bonds is 4. The highest BCUT2D eigenvalue weighted by Crippen LogP contribution is 2.70. The molecule has 0 aromatic heterocycles. The quantitative estimate of drug-likeness (QED) is 0.736. The van der Waals surface area contributed by atoms with Crippen molar-refractivity contribution < 1.29 is 22.7 Å². The Morgan fingerprint density at radius 3 is 2.58 bits per heavy atom. The lowest BCUT2D eigenvalue weighted by Crippen LogP contribution is -2.51. The molecule has 2 bridgehead atoms. The lowest BCUT2D eigenvalue weighted by atomic mass is 9.69. The SMILES string of the molecule is CN[C@H](CC(=O)OC)C(=O)N1[C@H]2C[C@@H]3CC[C@@]2(CS1(=O)=O)C3(C)C. The van der Waals surface area contributed by atoms with Crippen molar-refractivity contribution in [1.82, 2.24) is 9.62 Å². The maximum Gasteiger partial charge on any atom is 0.307 e. The highest BCUT2D eigenvalue weighted by Gasteiger charge is 2.72. The number of likely N-dealkylation sites (N-methyl/N-ethyl adjacent to an activating group) is 1. The first kappa shape index (κ1) is 17.7. The zero-order valence-electron chi connectivity index (χ0n) is 14.7. The van der Waals surface area contributed by atoms with Gasteiger partial charge in [0.25, 0.3) is 5.91 Å². The van der Waals surface area contributed by atoms with Crippen LogP contribution in [0, 0.1) is 16.7 Å². The fraction of sp³-hybridized carbons (Fsp3) is 0.875. The van der Waals surface area contributed by atoms with E-state index in [1.165, 1.54) is 7.11 Å². The molecule has 7 nitrogen and oxygen atoms in total. The number of hydrogen-bond donors (Lipinski definition) is 1. The minimum absolute atomic E-state index is 0.0363. The monoisotopic (exact) mass is 358 g/mol. The predicted octanol–water partition coefficient (Wildman–Crippen LogP) is 0.504. The molecule has 3 aliphatic rings. The number of sulfonamides is 1. The Labute approximate surface area is 143 Å². The molecule has 4 atom stereocenters. The van der Waals surface area contributed by atoms with Crippen molar-refractivity contribution in [1.29, 1.82) is 0 Å². The molecule has 1 spiro atoms. The van der Waals surface area contributed by atoms with Crippen LogP contribution in [0.25, 0.3) is 0 Å². The maximum atomic E-state index is 12.9. The topological polar surface area (TPSA) is 92.8 Å². The van der Waals surface area contributed by atoms with Gasteiger partial charge in [0.2, 0.25) is 10.0 Å². The third kappa shape index (κ3) is 2.15. The fourth-order valence-electron chi connectivity index (χ4n) is 5.30. The molecule has 0 unspecified atom stereocenters. The molecule has 0 aromatic carbocycles. The molecule has 3 fully saturated rings. The third-order valence-corrected chi connectivity index (χ3v) is 8.79. The van der Waals surface area contributed by atoms with Crippen LogP contribution in [-0.2, 0) is 24.3 Å². The van der Waals surface area contributed by atoms with Crippen molar-refractivity contribution >= 4 is 21.9 Å². The van der Waals surface area contributed by atoms with Crippen molar-refractivity contribution in [3.63, 3.8) is 0 Å². The van der Waals surface area contributed by atoms with E-state index >= 15 is 0 Å². The number of amides is 1. The summed E-state index contributed by atoms with van der Waals surface area (Å²) in [5.74, 6) is -0.591. The van der Waals surface area contributed by atoms with Crippen LogP contribution in [0.1, 0.15) is 39.5 Å². The van der Waals surface area contributed by atoms with E-state index in [2.05, 4.69) is 23.9 Å². The summed E-state index contributed by atoms with van der Waals surface area (Å²) in [6.07, 6.45) is 2.43. The van der Waals surface area contributed by atoms with Crippen LogP contribution in [0.5, 0.6) is 0 Å². The molecule has 2 saturated carbocycles. The van der Waals surface area contributed by atoms with E-state index in [-0.39, 0.29) is 29.0 Å². The van der Waals surface area contributed by atoms with Gasteiger partial charge >= 0.3 is 5.97 Å². The molecule has 136 valence electrons. The molecule has 0 radical (unpaired) electrons. The van der Waals surface area contributed by atoms with Crippen LogP contribution in [0.4, 0.5) is 0 Å². The van der Waals surface area contributed by atoms with E-state index in [0.717, 1.165) is 23.6 Å². The normalized spacial score (nSPS) is 36.4. The molecule has 1 N–H and O–H groups in total. The summed E-state index contributed by atoms with van der Waals surface area (Å²) in [6.45, 7) is 4.27. The van der Waals surface area contributed by atoms with Gasteiger partial charge < -0.3 is 10.1 Å². The Hall–Kier alpha value is -1.15. The number of ether oxygens (including phenoxy) is 1. The minimum Gasteiger partial charge on any atom is -0.469 e. The molecular formula is C16H26N2O5S. The van der Waals surface area contributed by atoms with Gasteiger partial charge in [0.05, 0.1) is 31.4 Å². The molecule has 3 rings (SSSR count). The van der Waals surface area contributed by atoms with Gasteiger partial charge in [0.1, 0.15) is 0 Å². The first-order valence-electron chi connectivity index (χ1n) is 8.41. The zero-order valence-corrected chi connectivity index (χ0v) is 15.5. The molecule has 0 aromatic rings. The van der Waals surface area contributed by atoms with Crippen LogP contribution >= 0.6 is 0 Å². The van der Waals surface area contributed by atoms with Crippen molar-refractivity contribution in [3.05, 3.63) is 0 Å². The molecular weight excluding hydrogens is 332 g/mol. The van der Waals surface area contributed by atoms with Crippen molar-refractivity contribution in [2.24, 2.45) is 16.7 Å². The minimum atomic E-state index is -3.67. The van der Waals surface area contributed by atoms with Gasteiger partial charge in [0.15, 0.2) is 0 Å². The van der Waals surface area contributed by atoms with E-state index in [4.69, 9.17) is 0 Å². The zero-order chi connectivity index (χ0) is 17.9. The Morgan fingerprint density at radius 1 is 1.38 bits per heavy atom. The number of carbonyl (C=O) groups excluding carboxylic acids is 2. The summed E-state index contributed by atoms with van der Waals surface area (Å²) in [7, 11) is -0.867. The van der Waals surface area contributed by atoms with Gasteiger partial charge in [-0.25, -0.2) is 12.7 Å². The van der Waals surface area contributed by atoms with Crippen molar-refractivity contribution in [2.75, 3.05) is 19.9 Å². The number of esters is 1. The van der Waals surface area contributed by atoms with E-state index in [0.29, 0.717) is 5.92 Å². The second-order valence-corrected chi connectivity index (χ2v) is 9.72. The molecule has 1 heterocycles. The van der Waals surface area contributed by atoms with Gasteiger partial charge in [-0.2, -0.15) is 0 Å². The van der Waals surface area contributed by atoms with Crippen LogP contribution in [0.2, 0.25) is 0 Å².